The number of rotatable bonds is 3. The lowest BCUT2D eigenvalue weighted by molar-refractivity contribution is -0.134. The first kappa shape index (κ1) is 17.4. The number of nitrogens with zero attached hydrogens (tertiary/aromatic N) is 4. The number of amides is 1. The highest BCUT2D eigenvalue weighted by molar-refractivity contribution is 7.91. The second-order valence-electron chi connectivity index (χ2n) is 7.12. The van der Waals surface area contributed by atoms with Gasteiger partial charge in [0.25, 0.3) is 0 Å². The Hall–Kier alpha value is -1.41. The minimum atomic E-state index is -3.12. The number of hydrogen-bond acceptors (Lipinski definition) is 5. The Kier molecular flexibility index (Phi) is 4.96. The molecule has 134 valence electrons. The van der Waals surface area contributed by atoms with Crippen molar-refractivity contribution in [3.05, 3.63) is 18.0 Å². The zero-order valence-corrected chi connectivity index (χ0v) is 15.2. The number of likely N-dealkylation sites (tertiary alicyclic amines) is 1. The van der Waals surface area contributed by atoms with Crippen molar-refractivity contribution in [2.75, 3.05) is 37.7 Å². The van der Waals surface area contributed by atoms with E-state index in [0.717, 1.165) is 37.4 Å². The summed E-state index contributed by atoms with van der Waals surface area (Å²) in [4.78, 5) is 16.7. The highest BCUT2D eigenvalue weighted by Crippen LogP contribution is 2.27. The van der Waals surface area contributed by atoms with Gasteiger partial charge in [-0.2, -0.15) is 5.10 Å². The molecule has 1 amide bonds. The first-order chi connectivity index (χ1) is 11.3. The van der Waals surface area contributed by atoms with Gasteiger partial charge in [0.15, 0.2) is 9.84 Å². The number of sulfone groups is 1. The Morgan fingerprint density at radius 1 is 1.29 bits per heavy atom. The summed E-state index contributed by atoms with van der Waals surface area (Å²) < 4.78 is 25.8. The fraction of sp³-hybridized carbons (Fsp3) is 0.750. The number of carbonyl (C=O) groups excluding carboxylic acids is 1. The summed E-state index contributed by atoms with van der Waals surface area (Å²) in [5, 5.41) is 4.13. The van der Waals surface area contributed by atoms with E-state index in [0.29, 0.717) is 6.54 Å². The SMILES string of the molecule is CC1CCN(CC(=O)N2CCS(=O)(=O)C[C@H]2c2cnn(C)c2)CC1. The van der Waals surface area contributed by atoms with Crippen LogP contribution >= 0.6 is 0 Å². The number of aromatic nitrogens is 2. The van der Waals surface area contributed by atoms with Gasteiger partial charge in [-0.05, 0) is 31.8 Å². The van der Waals surface area contributed by atoms with E-state index < -0.39 is 15.9 Å². The van der Waals surface area contributed by atoms with Crippen LogP contribution in [0.5, 0.6) is 0 Å². The minimum absolute atomic E-state index is 0.0124. The van der Waals surface area contributed by atoms with Crippen molar-refractivity contribution in [3.8, 4) is 0 Å². The van der Waals surface area contributed by atoms with E-state index in [1.54, 1.807) is 29.0 Å². The summed E-state index contributed by atoms with van der Waals surface area (Å²) in [6.07, 6.45) is 5.70. The third-order valence-electron chi connectivity index (χ3n) is 5.10. The molecule has 0 unspecified atom stereocenters. The molecule has 0 aromatic carbocycles. The Morgan fingerprint density at radius 3 is 2.62 bits per heavy atom. The first-order valence-corrected chi connectivity index (χ1v) is 10.4. The van der Waals surface area contributed by atoms with Crippen molar-refractivity contribution in [1.82, 2.24) is 19.6 Å². The lowest BCUT2D eigenvalue weighted by atomic mass is 9.99. The molecule has 2 aliphatic heterocycles. The van der Waals surface area contributed by atoms with Gasteiger partial charge >= 0.3 is 0 Å². The van der Waals surface area contributed by atoms with Crippen LogP contribution in [0, 0.1) is 5.92 Å². The van der Waals surface area contributed by atoms with Crippen molar-refractivity contribution in [2.45, 2.75) is 25.8 Å². The molecule has 0 radical (unpaired) electrons. The van der Waals surface area contributed by atoms with E-state index in [4.69, 9.17) is 0 Å². The average Bonchev–Trinajstić information content (AvgIpc) is 2.95. The van der Waals surface area contributed by atoms with E-state index in [-0.39, 0.29) is 24.0 Å². The minimum Gasteiger partial charge on any atom is -0.332 e. The molecule has 3 rings (SSSR count). The largest absolute Gasteiger partial charge is 0.332 e. The Balaban J connectivity index is 1.72. The number of piperidine rings is 1. The van der Waals surface area contributed by atoms with E-state index in [2.05, 4.69) is 16.9 Å². The van der Waals surface area contributed by atoms with E-state index in [1.807, 2.05) is 0 Å². The molecular weight excluding hydrogens is 328 g/mol. The normalized spacial score (nSPS) is 25.8. The molecule has 2 aliphatic rings. The third-order valence-corrected chi connectivity index (χ3v) is 6.72. The monoisotopic (exact) mass is 354 g/mol. The second-order valence-corrected chi connectivity index (χ2v) is 9.35. The lowest BCUT2D eigenvalue weighted by Crippen LogP contribution is -2.50. The quantitative estimate of drug-likeness (QED) is 0.788. The smallest absolute Gasteiger partial charge is 0.237 e. The zero-order valence-electron chi connectivity index (χ0n) is 14.4. The predicted molar refractivity (Wildman–Crippen MR) is 91.2 cm³/mol. The van der Waals surface area contributed by atoms with Crippen LogP contribution < -0.4 is 0 Å². The van der Waals surface area contributed by atoms with Gasteiger partial charge < -0.3 is 4.90 Å². The fourth-order valence-electron chi connectivity index (χ4n) is 3.50. The maximum Gasteiger partial charge on any atom is 0.237 e. The highest BCUT2D eigenvalue weighted by atomic mass is 32.2. The third kappa shape index (κ3) is 3.97. The lowest BCUT2D eigenvalue weighted by Gasteiger charge is -2.37. The van der Waals surface area contributed by atoms with Gasteiger partial charge in [0.1, 0.15) is 0 Å². The van der Waals surface area contributed by atoms with Crippen molar-refractivity contribution in [3.63, 3.8) is 0 Å². The fourth-order valence-corrected chi connectivity index (χ4v) is 4.99. The highest BCUT2D eigenvalue weighted by Gasteiger charge is 2.36. The molecule has 2 saturated heterocycles. The van der Waals surface area contributed by atoms with E-state index in [9.17, 15) is 13.2 Å². The molecule has 24 heavy (non-hydrogen) atoms. The molecule has 8 heteroatoms. The van der Waals surface area contributed by atoms with Crippen LogP contribution in [0.15, 0.2) is 12.4 Å². The molecule has 0 aliphatic carbocycles. The van der Waals surface area contributed by atoms with Gasteiger partial charge in [-0.15, -0.1) is 0 Å². The Bertz CT molecular complexity index is 692. The van der Waals surface area contributed by atoms with Crippen LogP contribution in [-0.2, 0) is 21.7 Å². The number of carbonyl (C=O) groups is 1. The summed E-state index contributed by atoms with van der Waals surface area (Å²) in [6, 6.07) is -0.423. The summed E-state index contributed by atoms with van der Waals surface area (Å²) in [5.74, 6) is 0.779. The number of aryl methyl sites for hydroxylation is 1. The van der Waals surface area contributed by atoms with E-state index in [1.165, 1.54) is 0 Å². The first-order valence-electron chi connectivity index (χ1n) is 8.55. The van der Waals surface area contributed by atoms with Crippen molar-refractivity contribution >= 4 is 15.7 Å². The molecule has 0 saturated carbocycles. The van der Waals surface area contributed by atoms with Crippen LogP contribution in [-0.4, -0.2) is 71.6 Å². The van der Waals surface area contributed by atoms with Gasteiger partial charge in [-0.1, -0.05) is 6.92 Å². The maximum absolute atomic E-state index is 12.8. The standard InChI is InChI=1S/C16H26N4O3S/c1-13-3-5-19(6-4-13)11-16(21)20-7-8-24(22,23)12-15(20)14-9-17-18(2)10-14/h9-10,13,15H,3-8,11-12H2,1-2H3/t15-/m0/s1. The molecule has 7 nitrogen and oxygen atoms in total. The molecular formula is C16H26N4O3S. The van der Waals surface area contributed by atoms with Crippen LogP contribution in [0.1, 0.15) is 31.4 Å². The molecule has 1 atom stereocenters. The molecule has 0 spiro atoms. The molecule has 2 fully saturated rings. The second kappa shape index (κ2) is 6.84. The van der Waals surface area contributed by atoms with Crippen LogP contribution in [0.3, 0.4) is 0 Å². The Morgan fingerprint density at radius 2 is 2.00 bits per heavy atom. The molecule has 3 heterocycles. The topological polar surface area (TPSA) is 75.5 Å². The maximum atomic E-state index is 12.8. The Labute approximate surface area is 143 Å². The van der Waals surface area contributed by atoms with Gasteiger partial charge in [-0.25, -0.2) is 8.42 Å². The summed E-state index contributed by atoms with van der Waals surface area (Å²) in [7, 11) is -1.33. The molecule has 0 bridgehead atoms. The molecule has 1 aromatic rings. The van der Waals surface area contributed by atoms with Crippen LogP contribution in [0.2, 0.25) is 0 Å². The number of hydrogen-bond donors (Lipinski definition) is 0. The van der Waals surface area contributed by atoms with Crippen LogP contribution in [0.25, 0.3) is 0 Å². The van der Waals surface area contributed by atoms with Crippen molar-refractivity contribution < 1.29 is 13.2 Å². The summed E-state index contributed by atoms with van der Waals surface area (Å²) in [6.45, 7) is 4.77. The summed E-state index contributed by atoms with van der Waals surface area (Å²) in [5.41, 5.74) is 0.793. The van der Waals surface area contributed by atoms with Crippen molar-refractivity contribution in [1.29, 1.82) is 0 Å². The molecule has 1 aromatic heterocycles. The predicted octanol–water partition coefficient (Wildman–Crippen LogP) is 0.450. The van der Waals surface area contributed by atoms with Gasteiger partial charge in [-0.3, -0.25) is 14.4 Å². The van der Waals surface area contributed by atoms with Crippen LogP contribution in [0.4, 0.5) is 0 Å². The van der Waals surface area contributed by atoms with Gasteiger partial charge in [0, 0.05) is 25.4 Å². The van der Waals surface area contributed by atoms with Gasteiger partial charge in [0.05, 0.1) is 30.3 Å². The average molecular weight is 354 g/mol. The zero-order chi connectivity index (χ0) is 17.3. The van der Waals surface area contributed by atoms with Gasteiger partial charge in [0.2, 0.25) is 5.91 Å². The van der Waals surface area contributed by atoms with Crippen molar-refractivity contribution in [2.24, 2.45) is 13.0 Å². The van der Waals surface area contributed by atoms with E-state index >= 15 is 0 Å². The summed E-state index contributed by atoms with van der Waals surface area (Å²) >= 11 is 0. The molecule has 0 N–H and O–H groups in total.